The molecule has 1 unspecified atom stereocenters. The molecule has 3 rings (SSSR count). The number of halogens is 1. The summed E-state index contributed by atoms with van der Waals surface area (Å²) in [5.74, 6) is 1.64. The number of benzene rings is 1. The highest BCUT2D eigenvalue weighted by molar-refractivity contribution is 6.30. The van der Waals surface area contributed by atoms with Gasteiger partial charge in [-0.15, -0.1) is 0 Å². The summed E-state index contributed by atoms with van der Waals surface area (Å²) in [6, 6.07) is 7.52. The van der Waals surface area contributed by atoms with E-state index in [9.17, 15) is 0 Å². The topological polar surface area (TPSA) is 93.2 Å². The van der Waals surface area contributed by atoms with Crippen molar-refractivity contribution in [2.75, 3.05) is 6.54 Å². The summed E-state index contributed by atoms with van der Waals surface area (Å²) in [7, 11) is 1.97. The van der Waals surface area contributed by atoms with Gasteiger partial charge >= 0.3 is 0 Å². The molecule has 0 saturated heterocycles. The van der Waals surface area contributed by atoms with Gasteiger partial charge in [0.05, 0.1) is 5.69 Å². The van der Waals surface area contributed by atoms with Crippen LogP contribution in [0.2, 0.25) is 5.02 Å². The molecule has 0 radical (unpaired) electrons. The number of aromatic nitrogens is 4. The Kier molecular flexibility index (Phi) is 7.10. The molecule has 0 amide bonds. The van der Waals surface area contributed by atoms with Gasteiger partial charge in [0.2, 0.25) is 11.7 Å². The summed E-state index contributed by atoms with van der Waals surface area (Å²) in [4.78, 5) is 9.01. The molecule has 0 saturated carbocycles. The van der Waals surface area contributed by atoms with E-state index in [2.05, 4.69) is 44.7 Å². The summed E-state index contributed by atoms with van der Waals surface area (Å²) in [5.41, 5.74) is 4.31. The summed E-state index contributed by atoms with van der Waals surface area (Å²) in [6.07, 6.45) is 0.857. The van der Waals surface area contributed by atoms with E-state index in [0.717, 1.165) is 24.2 Å². The average Bonchev–Trinajstić information content (AvgIpc) is 3.27. The fourth-order valence-electron chi connectivity index (χ4n) is 3.23. The Bertz CT molecular complexity index is 1020. The van der Waals surface area contributed by atoms with Crippen molar-refractivity contribution in [3.8, 4) is 11.4 Å². The van der Waals surface area contributed by atoms with Crippen LogP contribution in [0.15, 0.2) is 33.8 Å². The molecule has 2 N–H and O–H groups in total. The quantitative estimate of drug-likeness (QED) is 0.441. The van der Waals surface area contributed by atoms with E-state index >= 15 is 0 Å². The lowest BCUT2D eigenvalue weighted by Crippen LogP contribution is -2.43. The lowest BCUT2D eigenvalue weighted by molar-refractivity contribution is 0.380. The first kappa shape index (κ1) is 21.8. The standard InChI is InChI=1S/C21H28ClN7O/c1-6-23-21(25-13(2)10-18-14(3)27-29(5)15(18)4)24-12-19-26-20(28-30-19)16-8-7-9-17(22)11-16/h7-9,11,13H,6,10,12H2,1-5H3,(H2,23,24,25). The maximum Gasteiger partial charge on any atom is 0.248 e. The van der Waals surface area contributed by atoms with Crippen LogP contribution in [-0.4, -0.2) is 38.5 Å². The maximum atomic E-state index is 6.04. The van der Waals surface area contributed by atoms with Gasteiger partial charge in [-0.1, -0.05) is 28.9 Å². The van der Waals surface area contributed by atoms with Crippen LogP contribution in [0.1, 0.15) is 36.7 Å². The van der Waals surface area contributed by atoms with Crippen LogP contribution in [0.25, 0.3) is 11.4 Å². The van der Waals surface area contributed by atoms with E-state index in [1.165, 1.54) is 11.3 Å². The molecule has 160 valence electrons. The van der Waals surface area contributed by atoms with Crippen LogP contribution < -0.4 is 10.6 Å². The molecular formula is C21H28ClN7O. The molecule has 0 spiro atoms. The molecule has 2 aromatic heterocycles. The number of aliphatic imine (C=N–C) groups is 1. The number of rotatable bonds is 7. The fraction of sp³-hybridized carbons (Fsp3) is 0.429. The van der Waals surface area contributed by atoms with E-state index in [-0.39, 0.29) is 12.6 Å². The molecule has 3 aromatic rings. The zero-order valence-corrected chi connectivity index (χ0v) is 18.8. The highest BCUT2D eigenvalue weighted by Crippen LogP contribution is 2.20. The molecule has 0 fully saturated rings. The summed E-state index contributed by atoms with van der Waals surface area (Å²) in [6.45, 7) is 9.32. The molecular weight excluding hydrogens is 402 g/mol. The maximum absolute atomic E-state index is 6.04. The minimum atomic E-state index is 0.175. The highest BCUT2D eigenvalue weighted by atomic mass is 35.5. The first-order chi connectivity index (χ1) is 14.4. The molecule has 0 aliphatic carbocycles. The van der Waals surface area contributed by atoms with E-state index in [4.69, 9.17) is 16.1 Å². The molecule has 1 atom stereocenters. The zero-order valence-electron chi connectivity index (χ0n) is 18.0. The van der Waals surface area contributed by atoms with Crippen molar-refractivity contribution in [2.24, 2.45) is 12.0 Å². The fourth-order valence-corrected chi connectivity index (χ4v) is 3.42. The third-order valence-corrected chi connectivity index (χ3v) is 5.05. The second-order valence-corrected chi connectivity index (χ2v) is 7.68. The Hall–Kier alpha value is -2.87. The first-order valence-corrected chi connectivity index (χ1v) is 10.4. The van der Waals surface area contributed by atoms with Crippen molar-refractivity contribution in [3.63, 3.8) is 0 Å². The Balaban J connectivity index is 1.66. The SMILES string of the molecule is CCNC(=NCc1nc(-c2cccc(Cl)c2)no1)NC(C)Cc1c(C)nn(C)c1C. The van der Waals surface area contributed by atoms with Gasteiger partial charge in [-0.3, -0.25) is 4.68 Å². The lowest BCUT2D eigenvalue weighted by atomic mass is 10.1. The van der Waals surface area contributed by atoms with Crippen molar-refractivity contribution in [1.82, 2.24) is 30.6 Å². The van der Waals surface area contributed by atoms with Gasteiger partial charge in [0.1, 0.15) is 6.54 Å². The number of guanidine groups is 1. The van der Waals surface area contributed by atoms with Crippen LogP contribution in [-0.2, 0) is 20.0 Å². The van der Waals surface area contributed by atoms with E-state index in [1.807, 2.05) is 37.7 Å². The van der Waals surface area contributed by atoms with Crippen LogP contribution in [0.4, 0.5) is 0 Å². The van der Waals surface area contributed by atoms with Crippen molar-refractivity contribution >= 4 is 17.6 Å². The van der Waals surface area contributed by atoms with Gasteiger partial charge in [-0.2, -0.15) is 10.1 Å². The van der Waals surface area contributed by atoms with Crippen LogP contribution in [0.5, 0.6) is 0 Å². The predicted octanol–water partition coefficient (Wildman–Crippen LogP) is 3.43. The van der Waals surface area contributed by atoms with Gasteiger partial charge in [0, 0.05) is 35.9 Å². The number of aryl methyl sites for hydroxylation is 2. The molecule has 1 aromatic carbocycles. The van der Waals surface area contributed by atoms with Crippen molar-refractivity contribution in [2.45, 2.75) is 46.7 Å². The van der Waals surface area contributed by atoms with Crippen LogP contribution >= 0.6 is 11.6 Å². The minimum Gasteiger partial charge on any atom is -0.357 e. The third kappa shape index (κ3) is 5.38. The van der Waals surface area contributed by atoms with E-state index in [1.54, 1.807) is 12.1 Å². The van der Waals surface area contributed by atoms with Crippen LogP contribution in [0.3, 0.4) is 0 Å². The second-order valence-electron chi connectivity index (χ2n) is 7.24. The van der Waals surface area contributed by atoms with Gasteiger partial charge < -0.3 is 15.2 Å². The van der Waals surface area contributed by atoms with E-state index in [0.29, 0.717) is 22.7 Å². The normalized spacial score (nSPS) is 12.8. The Morgan fingerprint density at radius 2 is 2.13 bits per heavy atom. The third-order valence-electron chi connectivity index (χ3n) is 4.82. The van der Waals surface area contributed by atoms with Gasteiger partial charge in [0.25, 0.3) is 0 Å². The Morgan fingerprint density at radius 3 is 2.80 bits per heavy atom. The van der Waals surface area contributed by atoms with Gasteiger partial charge in [0.15, 0.2) is 5.96 Å². The van der Waals surface area contributed by atoms with Crippen molar-refractivity contribution < 1.29 is 4.52 Å². The zero-order chi connectivity index (χ0) is 21.7. The molecule has 0 aliphatic rings. The molecule has 30 heavy (non-hydrogen) atoms. The summed E-state index contributed by atoms with van der Waals surface area (Å²) in [5, 5.41) is 15.9. The van der Waals surface area contributed by atoms with Crippen molar-refractivity contribution in [3.05, 3.63) is 52.1 Å². The monoisotopic (exact) mass is 429 g/mol. The number of hydrogen-bond acceptors (Lipinski definition) is 5. The van der Waals surface area contributed by atoms with E-state index < -0.39 is 0 Å². The predicted molar refractivity (Wildman–Crippen MR) is 119 cm³/mol. The number of nitrogens with zero attached hydrogens (tertiary/aromatic N) is 5. The molecule has 0 bridgehead atoms. The van der Waals surface area contributed by atoms with Crippen molar-refractivity contribution in [1.29, 1.82) is 0 Å². The molecule has 0 aliphatic heterocycles. The van der Waals surface area contributed by atoms with Crippen LogP contribution in [0, 0.1) is 13.8 Å². The largest absolute Gasteiger partial charge is 0.357 e. The summed E-state index contributed by atoms with van der Waals surface area (Å²) < 4.78 is 7.26. The first-order valence-electron chi connectivity index (χ1n) is 9.99. The average molecular weight is 430 g/mol. The molecule has 9 heteroatoms. The van der Waals surface area contributed by atoms with Gasteiger partial charge in [-0.05, 0) is 51.8 Å². The minimum absolute atomic E-state index is 0.175. The second kappa shape index (κ2) is 9.75. The Labute approximate surface area is 181 Å². The smallest absolute Gasteiger partial charge is 0.248 e. The lowest BCUT2D eigenvalue weighted by Gasteiger charge is -2.18. The number of nitrogens with one attached hydrogen (secondary N) is 2. The van der Waals surface area contributed by atoms with Gasteiger partial charge in [-0.25, -0.2) is 4.99 Å². The Morgan fingerprint density at radius 1 is 1.33 bits per heavy atom. The summed E-state index contributed by atoms with van der Waals surface area (Å²) >= 11 is 6.04. The number of hydrogen-bond donors (Lipinski definition) is 2. The highest BCUT2D eigenvalue weighted by Gasteiger charge is 2.14. The molecule has 2 heterocycles. The molecule has 8 nitrogen and oxygen atoms in total.